The SMILES string of the molecule is CC(C)(CI)CC(C)(C)C1=NS(=O)(=O)ON1. The summed E-state index contributed by atoms with van der Waals surface area (Å²) in [6, 6.07) is 0. The molecule has 0 spiro atoms. The van der Waals surface area contributed by atoms with Crippen LogP contribution in [0.15, 0.2) is 4.40 Å². The first kappa shape index (κ1) is 14.2. The number of nitrogens with one attached hydrogen (secondary N) is 1. The van der Waals surface area contributed by atoms with Crippen molar-refractivity contribution in [1.82, 2.24) is 5.48 Å². The molecule has 5 nitrogen and oxygen atoms in total. The fourth-order valence-electron chi connectivity index (χ4n) is 1.83. The number of nitrogens with zero attached hydrogens (tertiary/aromatic N) is 1. The van der Waals surface area contributed by atoms with Gasteiger partial charge in [0.1, 0.15) is 5.84 Å². The van der Waals surface area contributed by atoms with Gasteiger partial charge in [0.05, 0.1) is 0 Å². The van der Waals surface area contributed by atoms with Crippen molar-refractivity contribution < 1.29 is 12.7 Å². The molecule has 0 unspecified atom stereocenters. The molecule has 1 heterocycles. The summed E-state index contributed by atoms with van der Waals surface area (Å²) in [7, 11) is -3.77. The number of hydroxylamine groups is 1. The highest BCUT2D eigenvalue weighted by molar-refractivity contribution is 14.1. The van der Waals surface area contributed by atoms with E-state index in [4.69, 9.17) is 0 Å². The van der Waals surface area contributed by atoms with E-state index >= 15 is 0 Å². The van der Waals surface area contributed by atoms with Crippen molar-refractivity contribution >= 4 is 38.7 Å². The van der Waals surface area contributed by atoms with Gasteiger partial charge in [0.2, 0.25) is 0 Å². The summed E-state index contributed by atoms with van der Waals surface area (Å²) in [5.41, 5.74) is 2.17. The van der Waals surface area contributed by atoms with E-state index in [1.165, 1.54) is 0 Å². The van der Waals surface area contributed by atoms with Crippen molar-refractivity contribution in [3.8, 4) is 0 Å². The maximum atomic E-state index is 11.0. The molecule has 7 heteroatoms. The maximum absolute atomic E-state index is 11.0. The molecule has 0 fully saturated rings. The fourth-order valence-corrected chi connectivity index (χ4v) is 2.83. The molecular formula is C9H17IN2O3S. The van der Waals surface area contributed by atoms with Crippen LogP contribution in [-0.2, 0) is 14.6 Å². The number of amidine groups is 1. The summed E-state index contributed by atoms with van der Waals surface area (Å²) >= 11 is 2.33. The van der Waals surface area contributed by atoms with Gasteiger partial charge in [-0.1, -0.05) is 50.3 Å². The minimum atomic E-state index is -3.77. The van der Waals surface area contributed by atoms with Crippen LogP contribution in [0.25, 0.3) is 0 Å². The summed E-state index contributed by atoms with van der Waals surface area (Å²) in [5, 5.41) is 0. The van der Waals surface area contributed by atoms with Gasteiger partial charge < -0.3 is 0 Å². The van der Waals surface area contributed by atoms with Crippen LogP contribution in [0.5, 0.6) is 0 Å². The third kappa shape index (κ3) is 3.56. The van der Waals surface area contributed by atoms with Crippen LogP contribution in [0.4, 0.5) is 0 Å². The molecule has 1 aliphatic rings. The molecule has 1 N–H and O–H groups in total. The Labute approximate surface area is 110 Å². The van der Waals surface area contributed by atoms with E-state index in [-0.39, 0.29) is 10.8 Å². The number of alkyl halides is 1. The van der Waals surface area contributed by atoms with E-state index in [1.807, 2.05) is 13.8 Å². The second-order valence-electron chi connectivity index (χ2n) is 5.41. The molecule has 0 aliphatic carbocycles. The Balaban J connectivity index is 2.88. The van der Waals surface area contributed by atoms with E-state index in [1.54, 1.807) is 0 Å². The Hall–Kier alpha value is 0.110. The summed E-state index contributed by atoms with van der Waals surface area (Å²) in [4.78, 5) is 0. The Bertz CT molecular complexity index is 401. The van der Waals surface area contributed by atoms with Crippen LogP contribution < -0.4 is 5.48 Å². The lowest BCUT2D eigenvalue weighted by Crippen LogP contribution is -2.37. The zero-order valence-electron chi connectivity index (χ0n) is 9.87. The number of halogens is 1. The normalized spacial score (nSPS) is 20.4. The van der Waals surface area contributed by atoms with Gasteiger partial charge in [-0.25, -0.2) is 5.48 Å². The van der Waals surface area contributed by atoms with Crippen molar-refractivity contribution in [2.24, 2.45) is 15.2 Å². The largest absolute Gasteiger partial charge is 0.403 e. The van der Waals surface area contributed by atoms with Crippen molar-refractivity contribution in [1.29, 1.82) is 0 Å². The van der Waals surface area contributed by atoms with Crippen LogP contribution in [-0.4, -0.2) is 18.7 Å². The molecule has 0 saturated carbocycles. The Morgan fingerprint density at radius 3 is 2.31 bits per heavy atom. The quantitative estimate of drug-likeness (QED) is 0.616. The number of rotatable bonds is 4. The van der Waals surface area contributed by atoms with Gasteiger partial charge in [0.25, 0.3) is 0 Å². The first-order chi connectivity index (χ1) is 7.08. The molecule has 1 aliphatic heterocycles. The molecule has 0 bridgehead atoms. The van der Waals surface area contributed by atoms with Crippen LogP contribution in [0.1, 0.15) is 34.1 Å². The van der Waals surface area contributed by atoms with Gasteiger partial charge in [0.15, 0.2) is 0 Å². The smallest absolute Gasteiger partial charge is 0.232 e. The second kappa shape index (κ2) is 4.41. The van der Waals surface area contributed by atoms with E-state index in [0.717, 1.165) is 10.8 Å². The van der Waals surface area contributed by atoms with E-state index in [0.29, 0.717) is 5.84 Å². The summed E-state index contributed by atoms with van der Waals surface area (Å²) < 4.78 is 31.1. The third-order valence-corrected chi connectivity index (χ3v) is 5.14. The highest BCUT2D eigenvalue weighted by atomic mass is 127. The standard InChI is InChI=1S/C9H17IN2O3S/c1-8(2,6-10)5-9(3,4)7-11-15-16(13,14)12-7/h5-6H2,1-4H3,(H,11,12). The van der Waals surface area contributed by atoms with E-state index in [9.17, 15) is 8.42 Å². The molecule has 0 atom stereocenters. The van der Waals surface area contributed by atoms with Crippen molar-refractivity contribution in [3.05, 3.63) is 0 Å². The molecule has 0 radical (unpaired) electrons. The van der Waals surface area contributed by atoms with Gasteiger partial charge >= 0.3 is 10.3 Å². The Morgan fingerprint density at radius 1 is 1.38 bits per heavy atom. The minimum Gasteiger partial charge on any atom is -0.232 e. The molecule has 0 aromatic heterocycles. The summed E-state index contributed by atoms with van der Waals surface area (Å²) in [6.45, 7) is 8.20. The molecule has 0 aromatic rings. The van der Waals surface area contributed by atoms with Crippen molar-refractivity contribution in [3.63, 3.8) is 0 Å². The average molecular weight is 360 g/mol. The fraction of sp³-hybridized carbons (Fsp3) is 0.889. The lowest BCUT2D eigenvalue weighted by Gasteiger charge is -2.32. The topological polar surface area (TPSA) is 67.8 Å². The summed E-state index contributed by atoms with van der Waals surface area (Å²) in [6.07, 6.45) is 0.827. The molecular weight excluding hydrogens is 343 g/mol. The molecule has 0 aromatic carbocycles. The van der Waals surface area contributed by atoms with Crippen LogP contribution >= 0.6 is 22.6 Å². The highest BCUT2D eigenvalue weighted by Crippen LogP contribution is 2.36. The van der Waals surface area contributed by atoms with Gasteiger partial charge in [-0.15, -0.1) is 8.68 Å². The minimum absolute atomic E-state index is 0.126. The predicted octanol–water partition coefficient (Wildman–Crippen LogP) is 2.04. The van der Waals surface area contributed by atoms with Crippen LogP contribution in [0.2, 0.25) is 0 Å². The molecule has 0 amide bonds. The van der Waals surface area contributed by atoms with Gasteiger partial charge in [-0.2, -0.15) is 8.42 Å². The number of hydrogen-bond donors (Lipinski definition) is 1. The first-order valence-corrected chi connectivity index (χ1v) is 7.83. The second-order valence-corrected chi connectivity index (χ2v) is 7.38. The predicted molar refractivity (Wildman–Crippen MR) is 71.6 cm³/mol. The highest BCUT2D eigenvalue weighted by Gasteiger charge is 2.37. The van der Waals surface area contributed by atoms with Gasteiger partial charge in [-0.05, 0) is 11.8 Å². The molecule has 0 saturated heterocycles. The van der Waals surface area contributed by atoms with E-state index < -0.39 is 10.3 Å². The van der Waals surface area contributed by atoms with Gasteiger partial charge in [-0.3, -0.25) is 0 Å². The van der Waals surface area contributed by atoms with Crippen molar-refractivity contribution in [2.75, 3.05) is 4.43 Å². The van der Waals surface area contributed by atoms with E-state index in [2.05, 4.69) is 50.6 Å². The summed E-state index contributed by atoms with van der Waals surface area (Å²) in [5.74, 6) is 0.380. The van der Waals surface area contributed by atoms with Crippen LogP contribution in [0, 0.1) is 10.8 Å². The Morgan fingerprint density at radius 2 is 1.94 bits per heavy atom. The number of hydrogen-bond acceptors (Lipinski definition) is 4. The lowest BCUT2D eigenvalue weighted by atomic mass is 9.75. The van der Waals surface area contributed by atoms with Crippen molar-refractivity contribution in [2.45, 2.75) is 34.1 Å². The molecule has 94 valence electrons. The lowest BCUT2D eigenvalue weighted by molar-refractivity contribution is 0.242. The third-order valence-electron chi connectivity index (χ3n) is 2.37. The monoisotopic (exact) mass is 360 g/mol. The molecule has 1 rings (SSSR count). The zero-order chi connectivity index (χ0) is 12.6. The average Bonchev–Trinajstić information content (AvgIpc) is 2.45. The Kier molecular flexibility index (Phi) is 3.91. The zero-order valence-corrected chi connectivity index (χ0v) is 12.8. The van der Waals surface area contributed by atoms with Crippen LogP contribution in [0.3, 0.4) is 0 Å². The molecule has 16 heavy (non-hydrogen) atoms. The first-order valence-electron chi connectivity index (χ1n) is 4.94. The maximum Gasteiger partial charge on any atom is 0.403 e. The van der Waals surface area contributed by atoms with Gasteiger partial charge in [0, 0.05) is 9.84 Å².